The van der Waals surface area contributed by atoms with Gasteiger partial charge in [0.15, 0.2) is 5.78 Å². The molecule has 1 aliphatic carbocycles. The molecule has 1 nitrogen and oxygen atoms in total. The van der Waals surface area contributed by atoms with Crippen LogP contribution in [-0.2, 0) is 10.2 Å². The van der Waals surface area contributed by atoms with Crippen molar-refractivity contribution in [2.24, 2.45) is 0 Å². The van der Waals surface area contributed by atoms with Crippen molar-refractivity contribution in [3.8, 4) is 0 Å². The molecular formula is C15H16O. The number of hydrogen-bond donors (Lipinski definition) is 0. The van der Waals surface area contributed by atoms with Crippen molar-refractivity contribution in [1.29, 1.82) is 0 Å². The van der Waals surface area contributed by atoms with Crippen LogP contribution >= 0.6 is 0 Å². The molecule has 16 heavy (non-hydrogen) atoms. The van der Waals surface area contributed by atoms with E-state index in [-0.39, 0.29) is 5.78 Å². The van der Waals surface area contributed by atoms with Gasteiger partial charge in [0.25, 0.3) is 0 Å². The van der Waals surface area contributed by atoms with Gasteiger partial charge in [-0.2, -0.15) is 0 Å². The third-order valence-electron chi connectivity index (χ3n) is 3.16. The molecule has 1 unspecified atom stereocenters. The number of rotatable bonds is 1. The smallest absolute Gasteiger partial charge is 0.172 e. The average Bonchev–Trinajstić information content (AvgIpc) is 2.27. The van der Waals surface area contributed by atoms with E-state index in [0.717, 1.165) is 16.7 Å². The van der Waals surface area contributed by atoms with Gasteiger partial charge in [0, 0.05) is 0 Å². The predicted octanol–water partition coefficient (Wildman–Crippen LogP) is 3.42. The van der Waals surface area contributed by atoms with Crippen LogP contribution in [0, 0.1) is 0 Å². The zero-order valence-electron chi connectivity index (χ0n) is 9.95. The van der Waals surface area contributed by atoms with E-state index in [1.165, 1.54) is 0 Å². The van der Waals surface area contributed by atoms with E-state index in [0.29, 0.717) is 0 Å². The fraction of sp³-hybridized carbons (Fsp3) is 0.267. The molecule has 0 aromatic heterocycles. The first-order valence-electron chi connectivity index (χ1n) is 5.52. The SMILES string of the molecule is CC1=CC(C)(c2ccccc2)C(=O)C(C)=C1. The summed E-state index contributed by atoms with van der Waals surface area (Å²) in [4.78, 5) is 12.3. The molecule has 1 aromatic rings. The lowest BCUT2D eigenvalue weighted by Crippen LogP contribution is -2.33. The van der Waals surface area contributed by atoms with Crippen LogP contribution in [0.1, 0.15) is 26.3 Å². The Balaban J connectivity index is 2.55. The van der Waals surface area contributed by atoms with E-state index in [4.69, 9.17) is 0 Å². The van der Waals surface area contributed by atoms with Crippen molar-refractivity contribution in [3.63, 3.8) is 0 Å². The van der Waals surface area contributed by atoms with Crippen molar-refractivity contribution in [2.45, 2.75) is 26.2 Å². The minimum atomic E-state index is -0.496. The number of Topliss-reactive ketones (excluding diaryl/α,β-unsaturated/α-hetero) is 1. The molecule has 0 N–H and O–H groups in total. The summed E-state index contributed by atoms with van der Waals surface area (Å²) in [6, 6.07) is 9.95. The summed E-state index contributed by atoms with van der Waals surface area (Å²) in [6.07, 6.45) is 4.00. The third-order valence-corrected chi connectivity index (χ3v) is 3.16. The normalized spacial score (nSPS) is 25.1. The molecule has 82 valence electrons. The minimum Gasteiger partial charge on any atom is -0.293 e. The van der Waals surface area contributed by atoms with Crippen molar-refractivity contribution < 1.29 is 4.79 Å². The Kier molecular flexibility index (Phi) is 2.55. The Morgan fingerprint density at radius 2 is 1.69 bits per heavy atom. The Morgan fingerprint density at radius 1 is 1.06 bits per heavy atom. The van der Waals surface area contributed by atoms with Crippen molar-refractivity contribution in [2.75, 3.05) is 0 Å². The molecule has 1 aromatic carbocycles. The first-order valence-corrected chi connectivity index (χ1v) is 5.52. The molecule has 0 bridgehead atoms. The molecule has 1 heteroatoms. The van der Waals surface area contributed by atoms with E-state index >= 15 is 0 Å². The highest BCUT2D eigenvalue weighted by Crippen LogP contribution is 2.33. The lowest BCUT2D eigenvalue weighted by molar-refractivity contribution is -0.119. The lowest BCUT2D eigenvalue weighted by Gasteiger charge is -2.29. The van der Waals surface area contributed by atoms with Gasteiger partial charge in [0.2, 0.25) is 0 Å². The maximum absolute atomic E-state index is 12.3. The molecule has 2 rings (SSSR count). The summed E-state index contributed by atoms with van der Waals surface area (Å²) < 4.78 is 0. The summed E-state index contributed by atoms with van der Waals surface area (Å²) >= 11 is 0. The van der Waals surface area contributed by atoms with Crippen molar-refractivity contribution >= 4 is 5.78 Å². The number of carbonyl (C=O) groups is 1. The van der Waals surface area contributed by atoms with Gasteiger partial charge >= 0.3 is 0 Å². The first kappa shape index (κ1) is 10.9. The van der Waals surface area contributed by atoms with E-state index in [2.05, 4.69) is 6.08 Å². The van der Waals surface area contributed by atoms with E-state index in [9.17, 15) is 4.79 Å². The van der Waals surface area contributed by atoms with Gasteiger partial charge in [-0.05, 0) is 31.9 Å². The van der Waals surface area contributed by atoms with Crippen LogP contribution in [0.2, 0.25) is 0 Å². The fourth-order valence-corrected chi connectivity index (χ4v) is 2.38. The van der Waals surface area contributed by atoms with Gasteiger partial charge in [-0.15, -0.1) is 0 Å². The highest BCUT2D eigenvalue weighted by Gasteiger charge is 2.35. The van der Waals surface area contributed by atoms with Gasteiger partial charge in [-0.3, -0.25) is 4.79 Å². The van der Waals surface area contributed by atoms with Crippen LogP contribution in [0.15, 0.2) is 53.6 Å². The second kappa shape index (κ2) is 3.75. The molecule has 1 aliphatic rings. The second-order valence-corrected chi connectivity index (χ2v) is 4.61. The third kappa shape index (κ3) is 1.63. The Hall–Kier alpha value is -1.63. The van der Waals surface area contributed by atoms with Crippen molar-refractivity contribution in [3.05, 3.63) is 59.2 Å². The number of ketones is 1. The number of hydrogen-bond acceptors (Lipinski definition) is 1. The van der Waals surface area contributed by atoms with Gasteiger partial charge in [-0.25, -0.2) is 0 Å². The Labute approximate surface area is 96.5 Å². The van der Waals surface area contributed by atoms with Crippen molar-refractivity contribution in [1.82, 2.24) is 0 Å². The zero-order valence-corrected chi connectivity index (χ0v) is 9.95. The highest BCUT2D eigenvalue weighted by atomic mass is 16.1. The number of allylic oxidation sites excluding steroid dienone is 4. The molecule has 0 radical (unpaired) electrons. The molecular weight excluding hydrogens is 196 g/mol. The average molecular weight is 212 g/mol. The van der Waals surface area contributed by atoms with Crippen LogP contribution in [-0.4, -0.2) is 5.78 Å². The second-order valence-electron chi connectivity index (χ2n) is 4.61. The molecule has 0 saturated heterocycles. The Morgan fingerprint density at radius 3 is 2.31 bits per heavy atom. The van der Waals surface area contributed by atoms with Crippen LogP contribution in [0.3, 0.4) is 0 Å². The summed E-state index contributed by atoms with van der Waals surface area (Å²) in [5.74, 6) is 0.198. The summed E-state index contributed by atoms with van der Waals surface area (Å²) in [7, 11) is 0. The van der Waals surface area contributed by atoms with Gasteiger partial charge in [0.05, 0.1) is 5.41 Å². The largest absolute Gasteiger partial charge is 0.293 e. The van der Waals surface area contributed by atoms with Crippen LogP contribution in [0.25, 0.3) is 0 Å². The van der Waals surface area contributed by atoms with Crippen LogP contribution < -0.4 is 0 Å². The van der Waals surface area contributed by atoms with Gasteiger partial charge < -0.3 is 0 Å². The van der Waals surface area contributed by atoms with E-state index < -0.39 is 5.41 Å². The first-order chi connectivity index (χ1) is 7.54. The fourth-order valence-electron chi connectivity index (χ4n) is 2.38. The van der Waals surface area contributed by atoms with E-state index in [1.807, 2.05) is 57.2 Å². The standard InChI is InChI=1S/C15H16O/c1-11-9-12(2)14(16)15(3,10-11)13-7-5-4-6-8-13/h4-10H,1-3H3. The predicted molar refractivity (Wildman–Crippen MR) is 66.3 cm³/mol. The van der Waals surface area contributed by atoms with Crippen LogP contribution in [0.4, 0.5) is 0 Å². The zero-order chi connectivity index (χ0) is 11.8. The number of carbonyl (C=O) groups excluding carboxylic acids is 1. The summed E-state index contributed by atoms with van der Waals surface area (Å²) in [5, 5.41) is 0. The minimum absolute atomic E-state index is 0.198. The highest BCUT2D eigenvalue weighted by molar-refractivity contribution is 6.06. The number of benzene rings is 1. The van der Waals surface area contributed by atoms with E-state index in [1.54, 1.807) is 0 Å². The maximum atomic E-state index is 12.3. The molecule has 0 aliphatic heterocycles. The quantitative estimate of drug-likeness (QED) is 0.697. The molecule has 0 saturated carbocycles. The molecule has 0 amide bonds. The lowest BCUT2D eigenvalue weighted by atomic mass is 9.72. The topological polar surface area (TPSA) is 17.1 Å². The summed E-state index contributed by atoms with van der Waals surface area (Å²) in [5.41, 5.74) is 2.56. The molecule has 1 atom stereocenters. The molecule has 0 heterocycles. The Bertz CT molecular complexity index is 479. The maximum Gasteiger partial charge on any atom is 0.172 e. The monoisotopic (exact) mass is 212 g/mol. The van der Waals surface area contributed by atoms with Crippen LogP contribution in [0.5, 0.6) is 0 Å². The van der Waals surface area contributed by atoms with Gasteiger partial charge in [0.1, 0.15) is 0 Å². The van der Waals surface area contributed by atoms with Gasteiger partial charge in [-0.1, -0.05) is 48.1 Å². The summed E-state index contributed by atoms with van der Waals surface area (Å²) in [6.45, 7) is 5.92. The molecule has 0 fully saturated rings. The molecule has 0 spiro atoms.